The maximum atomic E-state index is 11.2. The molecule has 8 heteroatoms. The van der Waals surface area contributed by atoms with Crippen molar-refractivity contribution in [3.8, 4) is 0 Å². The zero-order valence-electron chi connectivity index (χ0n) is 11.7. The maximum absolute atomic E-state index is 11.2. The zero-order chi connectivity index (χ0) is 15.1. The van der Waals surface area contributed by atoms with Crippen LogP contribution >= 0.6 is 34.2 Å². The first-order chi connectivity index (χ1) is 9.95. The van der Waals surface area contributed by atoms with Gasteiger partial charge in [-0.15, -0.1) is 0 Å². The fourth-order valence-electron chi connectivity index (χ4n) is 2.67. The number of anilines is 1. The number of aromatic nitrogens is 3. The summed E-state index contributed by atoms with van der Waals surface area (Å²) in [6.07, 6.45) is 0.919. The van der Waals surface area contributed by atoms with Crippen LogP contribution in [0.25, 0.3) is 5.65 Å². The first-order valence-electron chi connectivity index (χ1n) is 6.69. The Morgan fingerprint density at radius 3 is 3.05 bits per heavy atom. The van der Waals surface area contributed by atoms with Crippen LogP contribution in [0.3, 0.4) is 0 Å². The number of hydrogen-bond acceptors (Lipinski definition) is 4. The van der Waals surface area contributed by atoms with Gasteiger partial charge in [0.15, 0.2) is 10.8 Å². The molecular weight excluding hydrogens is 405 g/mol. The van der Waals surface area contributed by atoms with Crippen LogP contribution in [0.5, 0.6) is 0 Å². The van der Waals surface area contributed by atoms with Crippen LogP contribution in [-0.2, 0) is 4.79 Å². The number of rotatable bonds is 2. The average molecular weight is 420 g/mol. The van der Waals surface area contributed by atoms with Gasteiger partial charge < -0.3 is 10.2 Å². The summed E-state index contributed by atoms with van der Waals surface area (Å²) in [6, 6.07) is 2.01. The number of nitrogens with zero attached hydrogens (tertiary/aromatic N) is 4. The van der Waals surface area contributed by atoms with Crippen molar-refractivity contribution in [2.45, 2.75) is 26.3 Å². The van der Waals surface area contributed by atoms with E-state index in [1.54, 1.807) is 11.4 Å². The molecule has 0 bridgehead atoms. The summed E-state index contributed by atoms with van der Waals surface area (Å²) in [6.45, 7) is 5.13. The summed E-state index contributed by atoms with van der Waals surface area (Å²) < 4.78 is 2.74. The minimum Gasteiger partial charge on any atom is -0.366 e. The molecule has 0 aliphatic carbocycles. The lowest BCUT2D eigenvalue weighted by molar-refractivity contribution is -0.119. The van der Waals surface area contributed by atoms with Gasteiger partial charge in [-0.2, -0.15) is 5.10 Å². The number of hydrogen-bond donors (Lipinski definition) is 1. The topological polar surface area (TPSA) is 62.5 Å². The molecule has 3 rings (SSSR count). The van der Waals surface area contributed by atoms with Crippen molar-refractivity contribution in [3.63, 3.8) is 0 Å². The molecule has 2 aromatic heterocycles. The Hall–Kier alpha value is -1.09. The lowest BCUT2D eigenvalue weighted by Crippen LogP contribution is -2.35. The molecule has 6 nitrogen and oxygen atoms in total. The van der Waals surface area contributed by atoms with Gasteiger partial charge in [-0.05, 0) is 35.9 Å². The number of aryl methyl sites for hydroxylation is 1. The fourth-order valence-corrected chi connectivity index (χ4v) is 3.31. The van der Waals surface area contributed by atoms with E-state index in [1.807, 2.05) is 13.0 Å². The number of fused-ring (bicyclic) bond motifs is 1. The predicted octanol–water partition coefficient (Wildman–Crippen LogP) is 2.01. The number of halogens is 2. The Morgan fingerprint density at radius 2 is 2.33 bits per heavy atom. The van der Waals surface area contributed by atoms with E-state index in [9.17, 15) is 4.79 Å². The van der Waals surface area contributed by atoms with Crippen molar-refractivity contribution in [2.24, 2.45) is 0 Å². The molecule has 1 aliphatic heterocycles. The molecule has 1 N–H and O–H groups in total. The van der Waals surface area contributed by atoms with Crippen LogP contribution in [0.4, 0.5) is 5.69 Å². The SMILES string of the molecule is CC(=O)N[C@@H]1CCN(c2cc(Cl)nn3c(I)c(C)nc23)C1. The molecule has 2 aromatic rings. The molecule has 0 aromatic carbocycles. The van der Waals surface area contributed by atoms with E-state index in [1.165, 1.54) is 0 Å². The molecule has 0 unspecified atom stereocenters. The number of imidazole rings is 1. The maximum Gasteiger partial charge on any atom is 0.217 e. The predicted molar refractivity (Wildman–Crippen MR) is 89.9 cm³/mol. The largest absolute Gasteiger partial charge is 0.366 e. The van der Waals surface area contributed by atoms with E-state index in [0.29, 0.717) is 5.15 Å². The van der Waals surface area contributed by atoms with Crippen LogP contribution in [-0.4, -0.2) is 39.6 Å². The summed E-state index contributed by atoms with van der Waals surface area (Å²) in [5.74, 6) is 0.00552. The second-order valence-electron chi connectivity index (χ2n) is 5.21. The third-order valence-corrected chi connectivity index (χ3v) is 5.00. The number of carbonyl (C=O) groups excluding carboxylic acids is 1. The highest BCUT2D eigenvalue weighted by Gasteiger charge is 2.26. The third kappa shape index (κ3) is 2.80. The van der Waals surface area contributed by atoms with Gasteiger partial charge in [0, 0.05) is 32.1 Å². The first kappa shape index (κ1) is 14.8. The molecule has 1 atom stereocenters. The number of nitrogens with one attached hydrogen (secondary N) is 1. The van der Waals surface area contributed by atoms with E-state index in [0.717, 1.165) is 40.2 Å². The van der Waals surface area contributed by atoms with Gasteiger partial charge in [-0.3, -0.25) is 4.79 Å². The highest BCUT2D eigenvalue weighted by molar-refractivity contribution is 14.1. The van der Waals surface area contributed by atoms with Crippen molar-refractivity contribution >= 4 is 51.4 Å². The molecule has 1 aliphatic rings. The van der Waals surface area contributed by atoms with E-state index in [4.69, 9.17) is 11.6 Å². The molecule has 0 saturated carbocycles. The van der Waals surface area contributed by atoms with Crippen molar-refractivity contribution in [2.75, 3.05) is 18.0 Å². The van der Waals surface area contributed by atoms with Gasteiger partial charge in [0.1, 0.15) is 3.70 Å². The molecule has 3 heterocycles. The smallest absolute Gasteiger partial charge is 0.217 e. The Labute approximate surface area is 141 Å². The highest BCUT2D eigenvalue weighted by Crippen LogP contribution is 2.28. The minimum absolute atomic E-state index is 0.00552. The van der Waals surface area contributed by atoms with Crippen molar-refractivity contribution < 1.29 is 4.79 Å². The average Bonchev–Trinajstić information content (AvgIpc) is 2.96. The summed E-state index contributed by atoms with van der Waals surface area (Å²) in [7, 11) is 0. The Morgan fingerprint density at radius 1 is 1.57 bits per heavy atom. The quantitative estimate of drug-likeness (QED) is 0.757. The number of carbonyl (C=O) groups is 1. The van der Waals surface area contributed by atoms with Gasteiger partial charge in [0.25, 0.3) is 0 Å². The highest BCUT2D eigenvalue weighted by atomic mass is 127. The van der Waals surface area contributed by atoms with Crippen LogP contribution in [0.2, 0.25) is 5.15 Å². The van der Waals surface area contributed by atoms with E-state index in [-0.39, 0.29) is 11.9 Å². The Kier molecular flexibility index (Phi) is 3.96. The second kappa shape index (κ2) is 5.60. The van der Waals surface area contributed by atoms with Crippen LogP contribution in [0.15, 0.2) is 6.07 Å². The normalized spacial score (nSPS) is 18.5. The van der Waals surface area contributed by atoms with E-state index >= 15 is 0 Å². The van der Waals surface area contributed by atoms with E-state index < -0.39 is 0 Å². The first-order valence-corrected chi connectivity index (χ1v) is 8.15. The van der Waals surface area contributed by atoms with Crippen LogP contribution < -0.4 is 10.2 Å². The molecule has 1 amide bonds. The second-order valence-corrected chi connectivity index (χ2v) is 6.62. The van der Waals surface area contributed by atoms with Gasteiger partial charge in [0.2, 0.25) is 5.91 Å². The van der Waals surface area contributed by atoms with Gasteiger partial charge >= 0.3 is 0 Å². The van der Waals surface area contributed by atoms with E-state index in [2.05, 4.69) is 42.9 Å². The van der Waals surface area contributed by atoms with Crippen molar-refractivity contribution in [1.29, 1.82) is 0 Å². The van der Waals surface area contributed by atoms with Gasteiger partial charge in [-0.1, -0.05) is 11.6 Å². The van der Waals surface area contributed by atoms with Gasteiger partial charge in [0.05, 0.1) is 11.4 Å². The van der Waals surface area contributed by atoms with Crippen LogP contribution in [0, 0.1) is 10.6 Å². The molecule has 0 radical (unpaired) electrons. The molecule has 0 spiro atoms. The molecule has 1 fully saturated rings. The third-order valence-electron chi connectivity index (χ3n) is 3.58. The summed E-state index contributed by atoms with van der Waals surface area (Å²) >= 11 is 8.36. The van der Waals surface area contributed by atoms with Crippen LogP contribution in [0.1, 0.15) is 19.0 Å². The lowest BCUT2D eigenvalue weighted by Gasteiger charge is -2.19. The van der Waals surface area contributed by atoms with Crippen molar-refractivity contribution in [1.82, 2.24) is 19.9 Å². The Balaban J connectivity index is 1.97. The molecule has 112 valence electrons. The summed E-state index contributed by atoms with van der Waals surface area (Å²) in [5.41, 5.74) is 2.71. The van der Waals surface area contributed by atoms with Gasteiger partial charge in [-0.25, -0.2) is 9.50 Å². The fraction of sp³-hybridized carbons (Fsp3) is 0.462. The zero-order valence-corrected chi connectivity index (χ0v) is 14.6. The lowest BCUT2D eigenvalue weighted by atomic mass is 10.2. The monoisotopic (exact) mass is 419 g/mol. The summed E-state index contributed by atoms with van der Waals surface area (Å²) in [4.78, 5) is 18.0. The Bertz CT molecular complexity index is 716. The molecular formula is C13H15ClIN5O. The molecule has 21 heavy (non-hydrogen) atoms. The van der Waals surface area contributed by atoms with Crippen molar-refractivity contribution in [3.05, 3.63) is 20.6 Å². The standard InChI is InChI=1S/C13H15ClIN5O/c1-7-12(15)20-13(16-7)10(5-11(14)18-20)19-4-3-9(6-19)17-8(2)21/h5,9H,3-4,6H2,1-2H3,(H,17,21)/t9-/m1/s1. The summed E-state index contributed by atoms with van der Waals surface area (Å²) in [5, 5.41) is 7.71. The minimum atomic E-state index is 0.00552. The number of amides is 1. The molecule has 1 saturated heterocycles.